The van der Waals surface area contributed by atoms with Crippen LogP contribution in [0, 0.1) is 5.92 Å². The minimum atomic E-state index is -2.08. The second-order valence-corrected chi connectivity index (χ2v) is 17.6. The molecule has 0 saturated heterocycles. The van der Waals surface area contributed by atoms with Gasteiger partial charge in [-0.1, -0.05) is 85.0 Å². The van der Waals surface area contributed by atoms with Crippen LogP contribution in [0.5, 0.6) is 0 Å². The van der Waals surface area contributed by atoms with Crippen molar-refractivity contribution in [3.63, 3.8) is 0 Å². The molecule has 3 heteroatoms. The van der Waals surface area contributed by atoms with Crippen LogP contribution >= 0.6 is 0 Å². The molecule has 0 aliphatic heterocycles. The number of rotatable bonds is 7. The third-order valence-electron chi connectivity index (χ3n) is 6.78. The van der Waals surface area contributed by atoms with Crippen LogP contribution in [0.3, 0.4) is 0 Å². The summed E-state index contributed by atoms with van der Waals surface area (Å²) in [6.45, 7) is 16.1. The first-order valence-electron chi connectivity index (χ1n) is 13.0. The molecule has 36 heavy (non-hydrogen) atoms. The van der Waals surface area contributed by atoms with Crippen LogP contribution in [0.25, 0.3) is 0 Å². The zero-order valence-electron chi connectivity index (χ0n) is 23.6. The molecule has 0 fully saturated rings. The Hall–Kier alpha value is -1.71. The van der Waals surface area contributed by atoms with Crippen LogP contribution in [-0.2, 0) is 29.7 Å². The van der Waals surface area contributed by atoms with Gasteiger partial charge < -0.3 is 0 Å². The van der Waals surface area contributed by atoms with Crippen molar-refractivity contribution in [1.29, 1.82) is 0 Å². The van der Waals surface area contributed by atoms with E-state index in [0.717, 1.165) is 12.8 Å². The van der Waals surface area contributed by atoms with E-state index in [9.17, 15) is 0 Å². The molecule has 0 spiro atoms. The Morgan fingerprint density at radius 3 is 1.50 bits per heavy atom. The van der Waals surface area contributed by atoms with Gasteiger partial charge in [-0.25, -0.2) is 0 Å². The molecular weight excluding hydrogens is 486 g/mol. The summed E-state index contributed by atoms with van der Waals surface area (Å²) in [5, 5.41) is 4.99. The predicted octanol–water partition coefficient (Wildman–Crippen LogP) is 7.93. The quantitative estimate of drug-likeness (QED) is 0.279. The molecule has 2 aromatic rings. The van der Waals surface area contributed by atoms with Crippen molar-refractivity contribution in [3.8, 4) is 0 Å². The number of allylic oxidation sites excluding steroid dienone is 8. The Morgan fingerprint density at radius 1 is 0.750 bits per heavy atom. The van der Waals surface area contributed by atoms with E-state index in [-0.39, 0.29) is 16.5 Å². The van der Waals surface area contributed by atoms with Gasteiger partial charge in [0.05, 0.1) is 0 Å². The van der Waals surface area contributed by atoms with Crippen molar-refractivity contribution in [2.45, 2.75) is 77.3 Å². The zero-order valence-corrected chi connectivity index (χ0v) is 25.1. The van der Waals surface area contributed by atoms with Gasteiger partial charge >= 0.3 is 112 Å². The molecule has 3 rings (SSSR count). The molecule has 1 aliphatic rings. The molecule has 0 saturated carbocycles. The van der Waals surface area contributed by atoms with Gasteiger partial charge in [0.15, 0.2) is 0 Å². The van der Waals surface area contributed by atoms with E-state index in [4.69, 9.17) is 0 Å². The van der Waals surface area contributed by atoms with E-state index in [1.54, 1.807) is 15.0 Å². The van der Waals surface area contributed by atoms with Gasteiger partial charge in [0.25, 0.3) is 0 Å². The van der Waals surface area contributed by atoms with Crippen LogP contribution in [-0.4, -0.2) is 16.5 Å². The maximum absolute atomic E-state index is 3.94. The molecule has 1 nitrogen and oxygen atoms in total. The van der Waals surface area contributed by atoms with Gasteiger partial charge in [0.2, 0.25) is 0 Å². The molecule has 0 bridgehead atoms. The second kappa shape index (κ2) is 14.9. The summed E-state index contributed by atoms with van der Waals surface area (Å²) >= 11 is -2.08. The van der Waals surface area contributed by atoms with Gasteiger partial charge in [-0.05, 0) is 34.9 Å². The average molecular weight is 538 g/mol. The summed E-state index contributed by atoms with van der Waals surface area (Å²) in [4.78, 5) is 0. The third kappa shape index (κ3) is 10.3. The van der Waals surface area contributed by atoms with Gasteiger partial charge in [-0.2, -0.15) is 0 Å². The normalized spacial score (nSPS) is 16.4. The molecule has 1 aliphatic carbocycles. The Balaban J connectivity index is 0.000000351. The summed E-state index contributed by atoms with van der Waals surface area (Å²) in [5.74, 6) is 0.653. The van der Waals surface area contributed by atoms with E-state index in [0.29, 0.717) is 5.92 Å². The molecule has 2 aromatic carbocycles. The molecule has 196 valence electrons. The van der Waals surface area contributed by atoms with Crippen molar-refractivity contribution in [2.24, 2.45) is 5.92 Å². The number of hydrogen-bond acceptors (Lipinski definition) is 1. The molecule has 1 atom stereocenters. The van der Waals surface area contributed by atoms with Crippen LogP contribution in [0.1, 0.15) is 59.6 Å². The standard InChI is InChI=1S/C18H18.C9H13.C4H10N.2CH3.H4Si.Ti/c1(5-11-17-13-7-3-8-14-17)2-6-12-18-15-9-4-10-16-18;1-6-5-7(2)9(4)8(6)3;1-4(2,3)5;;;;/h1-10,13-16H,11-12H2;6H,1-4H3;5H,1-3H3;2*1H3;1H4;/q;;-1;;;;+1. The summed E-state index contributed by atoms with van der Waals surface area (Å²) in [6.07, 6.45) is 10.6. The molecule has 1 N–H and O–H groups in total. The molecular formula is C33H51NSiTi. The van der Waals surface area contributed by atoms with E-state index >= 15 is 0 Å². The summed E-state index contributed by atoms with van der Waals surface area (Å²) in [5.41, 5.74) is 7.60. The van der Waals surface area contributed by atoms with Crippen LogP contribution in [0.4, 0.5) is 0 Å². The first-order chi connectivity index (χ1) is 16.4. The first kappa shape index (κ1) is 32.3. The third-order valence-corrected chi connectivity index (χ3v) is 12.3. The van der Waals surface area contributed by atoms with Crippen LogP contribution < -0.4 is 3.80 Å². The minimum absolute atomic E-state index is 0. The zero-order chi connectivity index (χ0) is 26.1. The van der Waals surface area contributed by atoms with Crippen molar-refractivity contribution in [1.82, 2.24) is 3.80 Å². The first-order valence-corrected chi connectivity index (χ1v) is 17.7. The fourth-order valence-electron chi connectivity index (χ4n) is 5.17. The fourth-order valence-corrected chi connectivity index (χ4v) is 12.1. The van der Waals surface area contributed by atoms with Crippen LogP contribution in [0.15, 0.2) is 106 Å². The molecule has 0 amide bonds. The summed E-state index contributed by atoms with van der Waals surface area (Å²) in [7, 11) is 0. The van der Waals surface area contributed by atoms with Crippen molar-refractivity contribution < 1.29 is 16.8 Å². The minimum Gasteiger partial charge on any atom is -0.0149 e. The largest absolute Gasteiger partial charge is 0.0149 e. The van der Waals surface area contributed by atoms with Crippen molar-refractivity contribution in [3.05, 3.63) is 117 Å². The molecule has 1 unspecified atom stereocenters. The second-order valence-electron chi connectivity index (χ2n) is 11.3. The predicted molar refractivity (Wildman–Crippen MR) is 165 cm³/mol. The molecule has 0 radical (unpaired) electrons. The van der Waals surface area contributed by atoms with Gasteiger partial charge in [0, 0.05) is 0 Å². The Kier molecular flexibility index (Phi) is 13.4. The summed E-state index contributed by atoms with van der Waals surface area (Å²) in [6, 6.07) is 21.0. The summed E-state index contributed by atoms with van der Waals surface area (Å²) < 4.78 is 5.69. The SMILES string of the molecule is C(C=CCc1ccccc1)=CCc1ccccc1.CC1=C(C)C(C)[C]([Ti]([CH3])([CH3])[NH]C(C)(C)C)=C1C.[SiH4]. The monoisotopic (exact) mass is 537 g/mol. The Bertz CT molecular complexity index is 1000. The molecule has 0 aromatic heterocycles. The number of hydrogen-bond donors (Lipinski definition) is 1. The fraction of sp³-hybridized carbons (Fsp3) is 0.394. The number of nitrogens with one attached hydrogen (secondary N) is 1. The number of benzene rings is 2. The molecule has 0 heterocycles. The van der Waals surface area contributed by atoms with Gasteiger partial charge in [-0.3, -0.25) is 0 Å². The Labute approximate surface area is 230 Å². The average Bonchev–Trinajstić information content (AvgIpc) is 2.99. The maximum atomic E-state index is 3.94. The Morgan fingerprint density at radius 2 is 1.17 bits per heavy atom. The van der Waals surface area contributed by atoms with Crippen LogP contribution in [0.2, 0.25) is 10.5 Å². The van der Waals surface area contributed by atoms with E-state index in [1.807, 2.05) is 12.1 Å². The maximum Gasteiger partial charge on any atom is -0.0149 e. The van der Waals surface area contributed by atoms with Gasteiger partial charge in [0.1, 0.15) is 0 Å². The van der Waals surface area contributed by atoms with E-state index in [2.05, 4.69) is 136 Å². The van der Waals surface area contributed by atoms with E-state index in [1.165, 1.54) is 16.7 Å². The van der Waals surface area contributed by atoms with E-state index < -0.39 is 16.8 Å². The smallest absolute Gasteiger partial charge is 0.0149 e. The topological polar surface area (TPSA) is 12.0 Å². The van der Waals surface area contributed by atoms with Gasteiger partial charge in [-0.15, -0.1) is 0 Å². The van der Waals surface area contributed by atoms with Crippen molar-refractivity contribution >= 4 is 11.0 Å². The van der Waals surface area contributed by atoms with Crippen molar-refractivity contribution in [2.75, 3.05) is 0 Å².